The maximum Gasteiger partial charge on any atom is 0.251 e. The number of aryl methyl sites for hydroxylation is 1. The number of hydrogen-bond donors (Lipinski definition) is 1. The number of hydrogen-bond acceptors (Lipinski definition) is 3. The van der Waals surface area contributed by atoms with E-state index in [1.807, 2.05) is 38.1 Å². The van der Waals surface area contributed by atoms with Crippen molar-refractivity contribution < 1.29 is 8.42 Å². The van der Waals surface area contributed by atoms with Crippen molar-refractivity contribution in [1.82, 2.24) is 4.72 Å². The van der Waals surface area contributed by atoms with E-state index in [2.05, 4.69) is 20.7 Å². The second-order valence-corrected chi connectivity index (χ2v) is 7.99. The van der Waals surface area contributed by atoms with Gasteiger partial charge in [0.15, 0.2) is 0 Å². The Bertz CT molecular complexity index is 662. The third-order valence-electron chi connectivity index (χ3n) is 2.74. The summed E-state index contributed by atoms with van der Waals surface area (Å²) in [6.45, 7) is 3.84. The van der Waals surface area contributed by atoms with Gasteiger partial charge in [-0.2, -0.15) is 0 Å². The lowest BCUT2D eigenvalue weighted by atomic mass is 10.1. The molecule has 0 saturated carbocycles. The van der Waals surface area contributed by atoms with Crippen molar-refractivity contribution in [2.24, 2.45) is 0 Å². The lowest BCUT2D eigenvalue weighted by Gasteiger charge is -2.14. The minimum atomic E-state index is -3.48. The van der Waals surface area contributed by atoms with Gasteiger partial charge in [0.05, 0.1) is 0 Å². The average Bonchev–Trinajstić information content (AvgIpc) is 2.76. The Balaban J connectivity index is 2.21. The van der Waals surface area contributed by atoms with Crippen molar-refractivity contribution in [3.8, 4) is 0 Å². The van der Waals surface area contributed by atoms with Crippen LogP contribution in [0.15, 0.2) is 44.4 Å². The van der Waals surface area contributed by atoms with Crippen LogP contribution in [0.3, 0.4) is 0 Å². The summed E-state index contributed by atoms with van der Waals surface area (Å²) in [5.74, 6) is 0. The van der Waals surface area contributed by atoms with E-state index >= 15 is 0 Å². The molecule has 1 aromatic heterocycles. The van der Waals surface area contributed by atoms with Crippen molar-refractivity contribution in [2.75, 3.05) is 0 Å². The van der Waals surface area contributed by atoms with Gasteiger partial charge < -0.3 is 0 Å². The summed E-state index contributed by atoms with van der Waals surface area (Å²) in [6.07, 6.45) is 0. The molecule has 1 N–H and O–H groups in total. The number of halogens is 1. The maximum absolute atomic E-state index is 12.2. The SMILES string of the molecule is Cc1ccc(C(C)NS(=O)(=O)c2sccc2Br)cc1. The summed E-state index contributed by atoms with van der Waals surface area (Å²) in [4.78, 5) is 0. The number of rotatable bonds is 4. The standard InChI is InChI=1S/C13H14BrNO2S2/c1-9-3-5-11(6-4-9)10(2)15-19(16,17)13-12(14)7-8-18-13/h3-8,10,15H,1-2H3. The van der Waals surface area contributed by atoms with E-state index in [0.717, 1.165) is 11.1 Å². The minimum absolute atomic E-state index is 0.264. The van der Waals surface area contributed by atoms with Crippen LogP contribution in [0.2, 0.25) is 0 Å². The van der Waals surface area contributed by atoms with Gasteiger partial charge in [-0.15, -0.1) is 11.3 Å². The second-order valence-electron chi connectivity index (χ2n) is 4.31. The smallest absolute Gasteiger partial charge is 0.206 e. The fraction of sp³-hybridized carbons (Fsp3) is 0.231. The summed E-state index contributed by atoms with van der Waals surface area (Å²) in [6, 6.07) is 9.29. The molecule has 0 spiro atoms. The van der Waals surface area contributed by atoms with E-state index in [-0.39, 0.29) is 6.04 Å². The van der Waals surface area contributed by atoms with E-state index in [0.29, 0.717) is 8.68 Å². The normalized spacial score (nSPS) is 13.4. The molecule has 0 saturated heterocycles. The van der Waals surface area contributed by atoms with E-state index in [1.54, 1.807) is 11.4 Å². The van der Waals surface area contributed by atoms with Crippen molar-refractivity contribution in [2.45, 2.75) is 24.1 Å². The predicted molar refractivity (Wildman–Crippen MR) is 81.9 cm³/mol. The van der Waals surface area contributed by atoms with Crippen LogP contribution in [-0.2, 0) is 10.0 Å². The van der Waals surface area contributed by atoms with Gasteiger partial charge in [-0.25, -0.2) is 13.1 Å². The second kappa shape index (κ2) is 5.75. The van der Waals surface area contributed by atoms with Crippen molar-refractivity contribution in [1.29, 1.82) is 0 Å². The lowest BCUT2D eigenvalue weighted by Crippen LogP contribution is -2.26. The molecular formula is C13H14BrNO2S2. The summed E-state index contributed by atoms with van der Waals surface area (Å²) in [5, 5.41) is 1.75. The Morgan fingerprint density at radius 1 is 1.21 bits per heavy atom. The maximum atomic E-state index is 12.2. The highest BCUT2D eigenvalue weighted by Crippen LogP contribution is 2.28. The van der Waals surface area contributed by atoms with Gasteiger partial charge in [0.25, 0.3) is 10.0 Å². The molecule has 0 fully saturated rings. The number of benzene rings is 1. The van der Waals surface area contributed by atoms with E-state index < -0.39 is 10.0 Å². The summed E-state index contributed by atoms with van der Waals surface area (Å²) < 4.78 is 28.1. The van der Waals surface area contributed by atoms with E-state index in [1.165, 1.54) is 11.3 Å². The Morgan fingerprint density at radius 3 is 2.37 bits per heavy atom. The zero-order valence-electron chi connectivity index (χ0n) is 10.6. The number of nitrogens with one attached hydrogen (secondary N) is 1. The van der Waals surface area contributed by atoms with Crippen molar-refractivity contribution in [3.63, 3.8) is 0 Å². The van der Waals surface area contributed by atoms with E-state index in [4.69, 9.17) is 0 Å². The van der Waals surface area contributed by atoms with Crippen LogP contribution in [0.1, 0.15) is 24.1 Å². The van der Waals surface area contributed by atoms with Gasteiger partial charge in [-0.1, -0.05) is 29.8 Å². The first-order valence-electron chi connectivity index (χ1n) is 5.72. The quantitative estimate of drug-likeness (QED) is 0.900. The largest absolute Gasteiger partial charge is 0.251 e. The first kappa shape index (κ1) is 14.7. The van der Waals surface area contributed by atoms with Gasteiger partial charge in [0.2, 0.25) is 0 Å². The molecule has 1 aromatic carbocycles. The molecule has 102 valence electrons. The molecule has 0 aliphatic rings. The summed E-state index contributed by atoms with van der Waals surface area (Å²) >= 11 is 4.45. The molecule has 2 aromatic rings. The highest BCUT2D eigenvalue weighted by molar-refractivity contribution is 9.10. The van der Waals surface area contributed by atoms with Crippen LogP contribution >= 0.6 is 27.3 Å². The Labute approximate surface area is 125 Å². The predicted octanol–water partition coefficient (Wildman–Crippen LogP) is 3.86. The molecule has 19 heavy (non-hydrogen) atoms. The molecule has 1 heterocycles. The molecule has 0 amide bonds. The average molecular weight is 360 g/mol. The van der Waals surface area contributed by atoms with Crippen molar-refractivity contribution >= 4 is 37.3 Å². The van der Waals surface area contributed by atoms with Crippen LogP contribution in [-0.4, -0.2) is 8.42 Å². The molecule has 3 nitrogen and oxygen atoms in total. The zero-order chi connectivity index (χ0) is 14.0. The fourth-order valence-electron chi connectivity index (χ4n) is 1.68. The van der Waals surface area contributed by atoms with Crippen LogP contribution < -0.4 is 4.72 Å². The molecule has 6 heteroatoms. The third-order valence-corrected chi connectivity index (χ3v) is 6.95. The molecule has 0 aliphatic heterocycles. The summed E-state index contributed by atoms with van der Waals surface area (Å²) in [7, 11) is -3.48. The molecular weight excluding hydrogens is 346 g/mol. The van der Waals surface area contributed by atoms with Crippen LogP contribution in [0.25, 0.3) is 0 Å². The zero-order valence-corrected chi connectivity index (χ0v) is 13.8. The lowest BCUT2D eigenvalue weighted by molar-refractivity contribution is 0.568. The molecule has 2 rings (SSSR count). The minimum Gasteiger partial charge on any atom is -0.206 e. The molecule has 1 atom stereocenters. The van der Waals surface area contributed by atoms with Gasteiger partial charge in [0, 0.05) is 10.5 Å². The van der Waals surface area contributed by atoms with Crippen LogP contribution in [0.4, 0.5) is 0 Å². The highest BCUT2D eigenvalue weighted by Gasteiger charge is 2.22. The van der Waals surface area contributed by atoms with Crippen LogP contribution in [0.5, 0.6) is 0 Å². The Morgan fingerprint density at radius 2 is 1.84 bits per heavy atom. The van der Waals surface area contributed by atoms with E-state index in [9.17, 15) is 8.42 Å². The monoisotopic (exact) mass is 359 g/mol. The molecule has 0 bridgehead atoms. The molecule has 1 unspecified atom stereocenters. The third kappa shape index (κ3) is 3.45. The highest BCUT2D eigenvalue weighted by atomic mass is 79.9. The van der Waals surface area contributed by atoms with Crippen molar-refractivity contribution in [3.05, 3.63) is 51.3 Å². The number of thiophene rings is 1. The topological polar surface area (TPSA) is 46.2 Å². The van der Waals surface area contributed by atoms with Gasteiger partial charge in [0.1, 0.15) is 4.21 Å². The molecule has 0 aliphatic carbocycles. The van der Waals surface area contributed by atoms with Gasteiger partial charge in [-0.05, 0) is 46.8 Å². The Kier molecular flexibility index (Phi) is 4.45. The van der Waals surface area contributed by atoms with Crippen LogP contribution in [0, 0.1) is 6.92 Å². The first-order chi connectivity index (χ1) is 8.90. The Hall–Kier alpha value is -0.690. The summed E-state index contributed by atoms with van der Waals surface area (Å²) in [5.41, 5.74) is 2.10. The van der Waals surface area contributed by atoms with Gasteiger partial charge >= 0.3 is 0 Å². The molecule has 0 radical (unpaired) electrons. The first-order valence-corrected chi connectivity index (χ1v) is 8.87. The number of sulfonamides is 1. The van der Waals surface area contributed by atoms with Gasteiger partial charge in [-0.3, -0.25) is 0 Å². The fourth-order valence-corrected chi connectivity index (χ4v) is 5.27.